The number of aromatic nitrogens is 4. The van der Waals surface area contributed by atoms with Crippen LogP contribution in [0.2, 0.25) is 0 Å². The first-order valence-electron chi connectivity index (χ1n) is 4.55. The van der Waals surface area contributed by atoms with Crippen LogP contribution in [0.5, 0.6) is 0 Å². The largest absolute Gasteiger partial charge is 0.332 e. The fourth-order valence-corrected chi connectivity index (χ4v) is 1.51. The van der Waals surface area contributed by atoms with Crippen LogP contribution in [0.4, 0.5) is 0 Å². The van der Waals surface area contributed by atoms with E-state index in [2.05, 4.69) is 15.1 Å². The average molecular weight is 222 g/mol. The maximum atomic E-state index is 11.2. The Morgan fingerprint density at radius 1 is 1.53 bits per heavy atom. The Bertz CT molecular complexity index is 552. The van der Waals surface area contributed by atoms with E-state index in [4.69, 9.17) is 12.2 Å². The highest BCUT2D eigenvalue weighted by Gasteiger charge is 2.02. The van der Waals surface area contributed by atoms with Gasteiger partial charge < -0.3 is 4.98 Å². The molecule has 5 nitrogen and oxygen atoms in total. The van der Waals surface area contributed by atoms with E-state index in [1.807, 2.05) is 13.1 Å². The van der Waals surface area contributed by atoms with Crippen LogP contribution in [-0.4, -0.2) is 19.7 Å². The molecule has 6 heteroatoms. The molecule has 0 aliphatic heterocycles. The minimum atomic E-state index is -0.210. The van der Waals surface area contributed by atoms with Crippen LogP contribution < -0.4 is 5.56 Å². The molecule has 0 spiro atoms. The van der Waals surface area contributed by atoms with E-state index in [0.29, 0.717) is 10.5 Å². The van der Waals surface area contributed by atoms with Crippen LogP contribution in [0.1, 0.15) is 6.92 Å². The third-order valence-corrected chi connectivity index (χ3v) is 2.23. The lowest BCUT2D eigenvalue weighted by atomic mass is 10.2. The molecular formula is C9H10N4OS. The van der Waals surface area contributed by atoms with Gasteiger partial charge in [0.1, 0.15) is 0 Å². The van der Waals surface area contributed by atoms with E-state index in [9.17, 15) is 4.79 Å². The summed E-state index contributed by atoms with van der Waals surface area (Å²) in [5.74, 6) is 0. The maximum absolute atomic E-state index is 11.2. The summed E-state index contributed by atoms with van der Waals surface area (Å²) in [6.07, 6.45) is 3.56. The number of hydrogen-bond donors (Lipinski definition) is 2. The number of H-pyrrole nitrogens is 2. The second-order valence-corrected chi connectivity index (χ2v) is 3.49. The Morgan fingerprint density at radius 3 is 2.93 bits per heavy atom. The van der Waals surface area contributed by atoms with Crippen molar-refractivity contribution in [2.45, 2.75) is 13.5 Å². The topological polar surface area (TPSA) is 66.5 Å². The Kier molecular flexibility index (Phi) is 2.51. The molecule has 2 aromatic rings. The highest BCUT2D eigenvalue weighted by Crippen LogP contribution is 2.12. The number of nitrogens with one attached hydrogen (secondary N) is 2. The first-order chi connectivity index (χ1) is 7.19. The quantitative estimate of drug-likeness (QED) is 0.753. The molecule has 2 N–H and O–H groups in total. The zero-order valence-electron chi connectivity index (χ0n) is 8.15. The molecule has 0 aliphatic rings. The summed E-state index contributed by atoms with van der Waals surface area (Å²) in [5.41, 5.74) is 1.33. The van der Waals surface area contributed by atoms with Gasteiger partial charge in [0.25, 0.3) is 5.56 Å². The molecule has 15 heavy (non-hydrogen) atoms. The van der Waals surface area contributed by atoms with Gasteiger partial charge in [0.15, 0.2) is 4.77 Å². The number of aryl methyl sites for hydroxylation is 1. The molecule has 0 bridgehead atoms. The Morgan fingerprint density at radius 2 is 2.33 bits per heavy atom. The van der Waals surface area contributed by atoms with Crippen molar-refractivity contribution in [2.75, 3.05) is 0 Å². The molecule has 78 valence electrons. The van der Waals surface area contributed by atoms with Gasteiger partial charge in [0.05, 0.1) is 11.9 Å². The van der Waals surface area contributed by atoms with Gasteiger partial charge in [-0.25, -0.2) is 0 Å². The molecular weight excluding hydrogens is 212 g/mol. The molecule has 0 fully saturated rings. The number of hydrogen-bond acceptors (Lipinski definition) is 3. The van der Waals surface area contributed by atoms with E-state index in [-0.39, 0.29) is 5.56 Å². The van der Waals surface area contributed by atoms with Crippen molar-refractivity contribution in [3.63, 3.8) is 0 Å². The van der Waals surface area contributed by atoms with Crippen molar-refractivity contribution in [1.82, 2.24) is 19.7 Å². The molecule has 0 radical (unpaired) electrons. The number of aromatic amines is 2. The highest BCUT2D eigenvalue weighted by molar-refractivity contribution is 7.71. The number of nitrogens with zero attached hydrogens (tertiary/aromatic N) is 2. The van der Waals surface area contributed by atoms with E-state index in [1.54, 1.807) is 10.9 Å². The van der Waals surface area contributed by atoms with E-state index >= 15 is 0 Å². The van der Waals surface area contributed by atoms with Gasteiger partial charge in [-0.15, -0.1) is 0 Å². The Balaban J connectivity index is 2.53. The molecule has 2 heterocycles. The van der Waals surface area contributed by atoms with Crippen LogP contribution in [0.25, 0.3) is 11.3 Å². The second kappa shape index (κ2) is 3.82. The van der Waals surface area contributed by atoms with Crippen LogP contribution in [-0.2, 0) is 6.54 Å². The SMILES string of the molecule is CCn1cc(-c2cc(=O)[nH]c(=S)[nH]2)cn1. The minimum Gasteiger partial charge on any atom is -0.332 e. The third kappa shape index (κ3) is 2.04. The molecule has 0 amide bonds. The highest BCUT2D eigenvalue weighted by atomic mass is 32.1. The van der Waals surface area contributed by atoms with Crippen LogP contribution in [0.15, 0.2) is 23.3 Å². The first kappa shape index (κ1) is 9.85. The van der Waals surface area contributed by atoms with Crippen LogP contribution in [0, 0.1) is 4.77 Å². The summed E-state index contributed by atoms with van der Waals surface area (Å²) < 4.78 is 2.11. The van der Waals surface area contributed by atoms with Gasteiger partial charge in [-0.3, -0.25) is 14.5 Å². The van der Waals surface area contributed by atoms with Gasteiger partial charge in [-0.05, 0) is 19.1 Å². The van der Waals surface area contributed by atoms with Crippen molar-refractivity contribution in [3.8, 4) is 11.3 Å². The number of rotatable bonds is 2. The zero-order chi connectivity index (χ0) is 10.8. The smallest absolute Gasteiger partial charge is 0.252 e. The minimum absolute atomic E-state index is 0.210. The lowest BCUT2D eigenvalue weighted by molar-refractivity contribution is 0.660. The van der Waals surface area contributed by atoms with Crippen molar-refractivity contribution in [3.05, 3.63) is 33.6 Å². The van der Waals surface area contributed by atoms with E-state index in [0.717, 1.165) is 12.1 Å². The third-order valence-electron chi connectivity index (χ3n) is 2.03. The van der Waals surface area contributed by atoms with Crippen molar-refractivity contribution in [1.29, 1.82) is 0 Å². The normalized spacial score (nSPS) is 10.5. The molecule has 0 saturated carbocycles. The molecule has 0 saturated heterocycles. The maximum Gasteiger partial charge on any atom is 0.252 e. The molecule has 0 aromatic carbocycles. The van der Waals surface area contributed by atoms with Crippen LogP contribution in [0.3, 0.4) is 0 Å². The summed E-state index contributed by atoms with van der Waals surface area (Å²) in [4.78, 5) is 16.6. The van der Waals surface area contributed by atoms with Gasteiger partial charge in [-0.1, -0.05) is 0 Å². The van der Waals surface area contributed by atoms with Gasteiger partial charge >= 0.3 is 0 Å². The second-order valence-electron chi connectivity index (χ2n) is 3.09. The summed E-state index contributed by atoms with van der Waals surface area (Å²) in [6.45, 7) is 2.79. The summed E-state index contributed by atoms with van der Waals surface area (Å²) >= 11 is 4.88. The summed E-state index contributed by atoms with van der Waals surface area (Å²) in [5, 5.41) is 4.12. The van der Waals surface area contributed by atoms with Crippen molar-refractivity contribution >= 4 is 12.2 Å². The lowest BCUT2D eigenvalue weighted by Gasteiger charge is -1.96. The lowest BCUT2D eigenvalue weighted by Crippen LogP contribution is -2.06. The summed E-state index contributed by atoms with van der Waals surface area (Å²) in [7, 11) is 0. The summed E-state index contributed by atoms with van der Waals surface area (Å²) in [6, 6.07) is 1.47. The predicted molar refractivity (Wildman–Crippen MR) is 59.1 cm³/mol. The molecule has 2 rings (SSSR count). The van der Waals surface area contributed by atoms with Crippen molar-refractivity contribution < 1.29 is 0 Å². The van der Waals surface area contributed by atoms with Gasteiger partial charge in [0, 0.05) is 24.4 Å². The van der Waals surface area contributed by atoms with E-state index in [1.165, 1.54) is 6.07 Å². The first-order valence-corrected chi connectivity index (χ1v) is 4.96. The predicted octanol–water partition coefficient (Wildman–Crippen LogP) is 1.32. The van der Waals surface area contributed by atoms with E-state index < -0.39 is 0 Å². The Labute approximate surface area is 90.8 Å². The zero-order valence-corrected chi connectivity index (χ0v) is 8.97. The fourth-order valence-electron chi connectivity index (χ4n) is 1.30. The van der Waals surface area contributed by atoms with Gasteiger partial charge in [-0.2, -0.15) is 5.10 Å². The fraction of sp³-hybridized carbons (Fsp3) is 0.222. The van der Waals surface area contributed by atoms with Gasteiger partial charge in [0.2, 0.25) is 0 Å². The van der Waals surface area contributed by atoms with Crippen molar-refractivity contribution in [2.24, 2.45) is 0 Å². The molecule has 2 aromatic heterocycles. The Hall–Kier alpha value is -1.69. The van der Waals surface area contributed by atoms with Crippen LogP contribution >= 0.6 is 12.2 Å². The average Bonchev–Trinajstić information content (AvgIpc) is 2.64. The monoisotopic (exact) mass is 222 g/mol. The standard InChI is InChI=1S/C9H10N4OS/c1-2-13-5-6(4-10-13)7-3-8(14)12-9(15)11-7/h3-5H,2H2,1H3,(H2,11,12,14,15). The molecule has 0 atom stereocenters. The molecule has 0 aliphatic carbocycles. The molecule has 0 unspecified atom stereocenters.